The first-order valence-corrected chi connectivity index (χ1v) is 3.12. The summed E-state index contributed by atoms with van der Waals surface area (Å²) in [4.78, 5) is 2.53. The van der Waals surface area contributed by atoms with Gasteiger partial charge < -0.3 is 5.53 Å². The van der Waals surface area contributed by atoms with Gasteiger partial charge in [0.1, 0.15) is 6.66 Å². The summed E-state index contributed by atoms with van der Waals surface area (Å²) in [6, 6.07) is 0. The van der Waals surface area contributed by atoms with Gasteiger partial charge in [-0.05, 0) is 0 Å². The Balaban J connectivity index is 3.60. The zero-order chi connectivity index (χ0) is 4.99. The van der Waals surface area contributed by atoms with Crippen LogP contribution in [0.5, 0.6) is 0 Å². The van der Waals surface area contributed by atoms with Crippen molar-refractivity contribution in [1.82, 2.24) is 0 Å². The third-order valence-corrected chi connectivity index (χ3v) is 0.643. The van der Waals surface area contributed by atoms with Gasteiger partial charge in [-0.25, -0.2) is 0 Å². The van der Waals surface area contributed by atoms with Crippen molar-refractivity contribution in [2.75, 3.05) is 6.66 Å². The van der Waals surface area contributed by atoms with Crippen LogP contribution in [-0.2, 0) is 4.57 Å². The minimum absolute atomic E-state index is 0.981. The van der Waals surface area contributed by atoms with Crippen molar-refractivity contribution in [1.29, 1.82) is 0 Å². The molecule has 0 rings (SSSR count). The third kappa shape index (κ3) is 3.48. The normalized spacial score (nSPS) is 9.17. The molecule has 0 aliphatic heterocycles. The average molecular weight is 103 g/mol. The lowest BCUT2D eigenvalue weighted by molar-refractivity contribution is 0.00768. The van der Waals surface area contributed by atoms with Gasteiger partial charge >= 0.3 is 13.8 Å². The Morgan fingerprint density at radius 3 is 2.50 bits per heavy atom. The summed E-state index contributed by atoms with van der Waals surface area (Å²) in [6.07, 6.45) is 0. The van der Waals surface area contributed by atoms with E-state index in [-0.39, 0.29) is 0 Å². The molecule has 0 amide bonds. The van der Waals surface area contributed by atoms with Crippen molar-refractivity contribution < 1.29 is 9.35 Å². The van der Waals surface area contributed by atoms with E-state index in [1.807, 2.05) is 0 Å². The second-order valence-corrected chi connectivity index (χ2v) is 2.10. The summed E-state index contributed by atoms with van der Waals surface area (Å²) in [6.45, 7) is 1.45. The lowest BCUT2D eigenvalue weighted by atomic mass is 11.7. The van der Waals surface area contributed by atoms with Crippen LogP contribution in [0.3, 0.4) is 0 Å². The van der Waals surface area contributed by atoms with Gasteiger partial charge in [0, 0.05) is 0 Å². The molecule has 0 saturated heterocycles. The molecule has 1 unspecified atom stereocenters. The number of hydrogen-bond donors (Lipinski definition) is 0. The van der Waals surface area contributed by atoms with Gasteiger partial charge in [-0.15, -0.1) is 4.79 Å². The predicted molar refractivity (Wildman–Crippen MR) is 23.2 cm³/mol. The van der Waals surface area contributed by atoms with Crippen LogP contribution >= 0.6 is 7.80 Å². The summed E-state index contributed by atoms with van der Waals surface area (Å²) in [5.74, 6) is 0.981. The van der Waals surface area contributed by atoms with E-state index in [4.69, 9.17) is 5.53 Å². The molecule has 4 heteroatoms. The van der Waals surface area contributed by atoms with Gasteiger partial charge in [0.25, 0.3) is 0 Å². The fraction of sp³-hybridized carbons (Fsp3) is 0.500. The number of rotatable bonds is 1. The summed E-state index contributed by atoms with van der Waals surface area (Å²) < 4.78 is 9.88. The molecule has 1 atom stereocenters. The first kappa shape index (κ1) is 5.48. The minimum Gasteiger partial charge on any atom is -0.357 e. The molecule has 0 spiro atoms. The molecule has 0 aromatic carbocycles. The molecule has 0 heterocycles. The van der Waals surface area contributed by atoms with Gasteiger partial charge in [0.05, 0.1) is 0 Å². The maximum atomic E-state index is 9.88. The van der Waals surface area contributed by atoms with E-state index >= 15 is 0 Å². The van der Waals surface area contributed by atoms with Crippen molar-refractivity contribution in [3.63, 3.8) is 0 Å². The highest BCUT2D eigenvalue weighted by Crippen LogP contribution is 2.03. The van der Waals surface area contributed by atoms with E-state index in [0.29, 0.717) is 0 Å². The van der Waals surface area contributed by atoms with Crippen molar-refractivity contribution >= 4 is 13.8 Å². The topological polar surface area (TPSA) is 53.5 Å². The Labute approximate surface area is 36.4 Å². The lowest BCUT2D eigenvalue weighted by Gasteiger charge is -1.39. The molecule has 3 nitrogen and oxygen atoms in total. The van der Waals surface area contributed by atoms with Gasteiger partial charge in [-0.2, -0.15) is 0 Å². The van der Waals surface area contributed by atoms with Crippen molar-refractivity contribution in [3.8, 4) is 0 Å². The first-order valence-electron chi connectivity index (χ1n) is 1.35. The van der Waals surface area contributed by atoms with E-state index in [1.165, 1.54) is 6.66 Å². The maximum absolute atomic E-state index is 9.88. The highest BCUT2D eigenvalue weighted by Gasteiger charge is 2.02. The average Bonchev–Trinajstić information content (AvgIpc) is 1.35. The molecule has 0 saturated carbocycles. The Kier molecular flexibility index (Phi) is 2.47. The Morgan fingerprint density at radius 1 is 2.00 bits per heavy atom. The van der Waals surface area contributed by atoms with Gasteiger partial charge in [-0.3, -0.25) is 0 Å². The van der Waals surface area contributed by atoms with E-state index in [0.717, 1.165) is 5.96 Å². The highest BCUT2D eigenvalue weighted by atomic mass is 31.1. The van der Waals surface area contributed by atoms with E-state index in [2.05, 4.69) is 4.79 Å². The molecule has 0 bridgehead atoms. The zero-order valence-corrected chi connectivity index (χ0v) is 4.22. The molecule has 0 radical (unpaired) electrons. The summed E-state index contributed by atoms with van der Waals surface area (Å²) in [5, 5.41) is 0. The van der Waals surface area contributed by atoms with Crippen molar-refractivity contribution in [3.05, 3.63) is 5.53 Å². The van der Waals surface area contributed by atoms with Gasteiger partial charge in [-0.1, -0.05) is 4.57 Å². The molecule has 0 N–H and O–H groups in total. The predicted octanol–water partition coefficient (Wildman–Crippen LogP) is 0.702. The minimum atomic E-state index is -1.39. The molecule has 0 aliphatic rings. The second-order valence-electron chi connectivity index (χ2n) is 0.777. The molecular formula is C2H4N2OP+. The van der Waals surface area contributed by atoms with Crippen LogP contribution in [0.2, 0.25) is 0 Å². The Bertz CT molecular complexity index is 104. The van der Waals surface area contributed by atoms with Crippen LogP contribution in [0.25, 0.3) is 5.53 Å². The highest BCUT2D eigenvalue weighted by molar-refractivity contribution is 7.60. The number of hydrogen-bond acceptors (Lipinski definition) is 1. The SMILES string of the molecule is C[P+](=O)C=[N+]=[N-]. The molecule has 0 aromatic rings. The first-order chi connectivity index (χ1) is 2.77. The summed E-state index contributed by atoms with van der Waals surface area (Å²) >= 11 is 0. The largest absolute Gasteiger partial charge is 0.481 e. The van der Waals surface area contributed by atoms with Crippen LogP contribution in [0.4, 0.5) is 0 Å². The quantitative estimate of drug-likeness (QED) is 0.208. The fourth-order valence-corrected chi connectivity index (χ4v) is 0.218. The summed E-state index contributed by atoms with van der Waals surface area (Å²) in [5.41, 5.74) is 7.62. The van der Waals surface area contributed by atoms with E-state index < -0.39 is 7.80 Å². The lowest BCUT2D eigenvalue weighted by Crippen LogP contribution is -1.56. The summed E-state index contributed by atoms with van der Waals surface area (Å²) in [7, 11) is -1.39. The molecule has 32 valence electrons. The van der Waals surface area contributed by atoms with Crippen molar-refractivity contribution in [2.45, 2.75) is 0 Å². The molecule has 0 fully saturated rings. The molecule has 6 heavy (non-hydrogen) atoms. The monoisotopic (exact) mass is 103 g/mol. The van der Waals surface area contributed by atoms with Crippen LogP contribution in [0, 0.1) is 0 Å². The standard InChI is InChI=1S/C2H4N2OP/c1-6(5)2-4-3/h2H,1H3/q+1. The van der Waals surface area contributed by atoms with Crippen LogP contribution in [0.1, 0.15) is 0 Å². The molecular weight excluding hydrogens is 99.0 g/mol. The molecule has 0 aliphatic carbocycles. The Hall–Kier alpha value is -0.520. The van der Waals surface area contributed by atoms with Crippen LogP contribution < -0.4 is 0 Å². The molecule has 0 aromatic heterocycles. The maximum Gasteiger partial charge on any atom is 0.481 e. The third-order valence-electron chi connectivity index (χ3n) is 0.214. The van der Waals surface area contributed by atoms with E-state index in [9.17, 15) is 4.57 Å². The smallest absolute Gasteiger partial charge is 0.357 e. The zero-order valence-electron chi connectivity index (χ0n) is 3.33. The van der Waals surface area contributed by atoms with Crippen LogP contribution in [0.15, 0.2) is 0 Å². The van der Waals surface area contributed by atoms with E-state index in [1.54, 1.807) is 0 Å². The van der Waals surface area contributed by atoms with Crippen LogP contribution in [-0.4, -0.2) is 17.4 Å². The van der Waals surface area contributed by atoms with Gasteiger partial charge in [0.2, 0.25) is 0 Å². The van der Waals surface area contributed by atoms with Crippen molar-refractivity contribution in [2.24, 2.45) is 0 Å². The second kappa shape index (κ2) is 2.70. The Morgan fingerprint density at radius 2 is 2.50 bits per heavy atom. The fourth-order valence-electron chi connectivity index (χ4n) is 0.0727. The number of nitrogens with zero attached hydrogens (tertiary/aromatic N) is 2. The van der Waals surface area contributed by atoms with Gasteiger partial charge in [0.15, 0.2) is 0 Å².